The van der Waals surface area contributed by atoms with Gasteiger partial charge in [-0.2, -0.15) is 0 Å². The molecule has 1 atom stereocenters. The number of hydrogen-bond donors (Lipinski definition) is 0. The molecule has 0 aromatic carbocycles. The predicted molar refractivity (Wildman–Crippen MR) is 77.1 cm³/mol. The molecule has 0 N–H and O–H groups in total. The molecule has 19 heavy (non-hydrogen) atoms. The Morgan fingerprint density at radius 3 is 2.58 bits per heavy atom. The molecule has 5 nitrogen and oxygen atoms in total. The van der Waals surface area contributed by atoms with E-state index in [1.165, 1.54) is 0 Å². The molecular weight excluding hydrogens is 334 g/mol. The van der Waals surface area contributed by atoms with Crippen LogP contribution in [0.3, 0.4) is 0 Å². The highest BCUT2D eigenvalue weighted by atomic mass is 79.9. The molecule has 2 aliphatic heterocycles. The maximum absolute atomic E-state index is 12.3. The van der Waals surface area contributed by atoms with E-state index in [1.54, 1.807) is 4.31 Å². The van der Waals surface area contributed by atoms with Crippen LogP contribution in [0.2, 0.25) is 0 Å². The van der Waals surface area contributed by atoms with Crippen molar-refractivity contribution in [1.29, 1.82) is 0 Å². The van der Waals surface area contributed by atoms with Crippen molar-refractivity contribution in [2.45, 2.75) is 37.9 Å². The van der Waals surface area contributed by atoms with E-state index >= 15 is 0 Å². The molecule has 0 spiro atoms. The SMILES string of the molecule is O=S(=O)(CC1CCCO1)N1CCC(OCCBr)CC1. The van der Waals surface area contributed by atoms with Gasteiger partial charge in [0.25, 0.3) is 0 Å². The van der Waals surface area contributed by atoms with Crippen LogP contribution in [0.15, 0.2) is 0 Å². The van der Waals surface area contributed by atoms with Gasteiger partial charge in [-0.3, -0.25) is 0 Å². The quantitative estimate of drug-likeness (QED) is 0.675. The van der Waals surface area contributed by atoms with Crippen LogP contribution in [0.25, 0.3) is 0 Å². The number of hydrogen-bond acceptors (Lipinski definition) is 4. The second kappa shape index (κ2) is 7.36. The third-order valence-electron chi connectivity index (χ3n) is 3.65. The second-order valence-electron chi connectivity index (χ2n) is 5.07. The van der Waals surface area contributed by atoms with E-state index in [0.717, 1.165) is 31.0 Å². The lowest BCUT2D eigenvalue weighted by Crippen LogP contribution is -2.43. The van der Waals surface area contributed by atoms with Gasteiger partial charge in [0.1, 0.15) is 0 Å². The van der Waals surface area contributed by atoms with Crippen molar-refractivity contribution in [1.82, 2.24) is 4.31 Å². The van der Waals surface area contributed by atoms with E-state index in [-0.39, 0.29) is 18.0 Å². The lowest BCUT2D eigenvalue weighted by atomic mass is 10.1. The van der Waals surface area contributed by atoms with Gasteiger partial charge >= 0.3 is 0 Å². The number of ether oxygens (including phenoxy) is 2. The summed E-state index contributed by atoms with van der Waals surface area (Å²) in [6.07, 6.45) is 3.52. The summed E-state index contributed by atoms with van der Waals surface area (Å²) < 4.78 is 37.2. The largest absolute Gasteiger partial charge is 0.377 e. The standard InChI is InChI=1S/C12H22BrNO4S/c13-5-9-18-11-3-6-14(7-4-11)19(15,16)10-12-2-1-8-17-12/h11-12H,1-10H2. The molecule has 0 saturated carbocycles. The van der Waals surface area contributed by atoms with Crippen LogP contribution >= 0.6 is 15.9 Å². The minimum absolute atomic E-state index is 0.104. The van der Waals surface area contributed by atoms with Gasteiger partial charge < -0.3 is 9.47 Å². The number of alkyl halides is 1. The highest BCUT2D eigenvalue weighted by Crippen LogP contribution is 2.20. The summed E-state index contributed by atoms with van der Waals surface area (Å²) in [4.78, 5) is 0. The van der Waals surface area contributed by atoms with Crippen LogP contribution in [0.4, 0.5) is 0 Å². The fraction of sp³-hybridized carbons (Fsp3) is 1.00. The second-order valence-corrected chi connectivity index (χ2v) is 7.88. The summed E-state index contributed by atoms with van der Waals surface area (Å²) in [7, 11) is -3.17. The summed E-state index contributed by atoms with van der Waals surface area (Å²) >= 11 is 3.32. The zero-order valence-electron chi connectivity index (χ0n) is 11.1. The van der Waals surface area contributed by atoms with Crippen LogP contribution in [0, 0.1) is 0 Å². The molecule has 0 aromatic rings. The average molecular weight is 356 g/mol. The topological polar surface area (TPSA) is 55.8 Å². The first-order valence-corrected chi connectivity index (χ1v) is 9.62. The number of sulfonamides is 1. The lowest BCUT2D eigenvalue weighted by molar-refractivity contribution is 0.0306. The van der Waals surface area contributed by atoms with Crippen LogP contribution in [0.1, 0.15) is 25.7 Å². The van der Waals surface area contributed by atoms with E-state index in [1.807, 2.05) is 0 Å². The number of rotatable bonds is 6. The minimum atomic E-state index is -3.17. The van der Waals surface area contributed by atoms with Crippen molar-refractivity contribution in [2.75, 3.05) is 37.4 Å². The molecule has 7 heteroatoms. The van der Waals surface area contributed by atoms with Gasteiger partial charge in [-0.25, -0.2) is 12.7 Å². The Labute approximate surface area is 123 Å². The highest BCUT2D eigenvalue weighted by Gasteiger charge is 2.31. The smallest absolute Gasteiger partial charge is 0.216 e. The first-order chi connectivity index (χ1) is 9.12. The van der Waals surface area contributed by atoms with Crippen molar-refractivity contribution in [3.8, 4) is 0 Å². The van der Waals surface area contributed by atoms with Gasteiger partial charge in [0.05, 0.1) is 24.6 Å². The fourth-order valence-electron chi connectivity index (χ4n) is 2.60. The molecule has 0 amide bonds. The van der Waals surface area contributed by atoms with Crippen LogP contribution in [-0.2, 0) is 19.5 Å². The zero-order chi connectivity index (χ0) is 13.7. The maximum Gasteiger partial charge on any atom is 0.216 e. The Hall–Kier alpha value is 0.310. The summed E-state index contributed by atoms with van der Waals surface area (Å²) in [5.74, 6) is 0.139. The van der Waals surface area contributed by atoms with Crippen molar-refractivity contribution in [2.24, 2.45) is 0 Å². The Morgan fingerprint density at radius 1 is 1.26 bits per heavy atom. The van der Waals surface area contributed by atoms with Crippen molar-refractivity contribution < 1.29 is 17.9 Å². The van der Waals surface area contributed by atoms with Crippen molar-refractivity contribution in [3.63, 3.8) is 0 Å². The molecule has 2 saturated heterocycles. The van der Waals surface area contributed by atoms with Gasteiger partial charge in [-0.05, 0) is 25.7 Å². The first kappa shape index (κ1) is 15.7. The molecule has 112 valence electrons. The van der Waals surface area contributed by atoms with Crippen LogP contribution in [-0.4, -0.2) is 62.3 Å². The van der Waals surface area contributed by atoms with Gasteiger partial charge in [0.15, 0.2) is 0 Å². The fourth-order valence-corrected chi connectivity index (χ4v) is 4.50. The molecule has 2 rings (SSSR count). The number of nitrogens with zero attached hydrogens (tertiary/aromatic N) is 1. The molecule has 0 radical (unpaired) electrons. The molecule has 0 bridgehead atoms. The minimum Gasteiger partial charge on any atom is -0.377 e. The van der Waals surface area contributed by atoms with Gasteiger partial charge in [0, 0.05) is 25.0 Å². The third-order valence-corrected chi connectivity index (χ3v) is 5.91. The van der Waals surface area contributed by atoms with Gasteiger partial charge in [-0.1, -0.05) is 15.9 Å². The average Bonchev–Trinajstić information content (AvgIpc) is 2.89. The first-order valence-electron chi connectivity index (χ1n) is 6.89. The molecule has 0 aromatic heterocycles. The molecule has 2 aliphatic rings. The van der Waals surface area contributed by atoms with Gasteiger partial charge in [0.2, 0.25) is 10.0 Å². The Balaban J connectivity index is 1.79. The Kier molecular flexibility index (Phi) is 6.08. The Morgan fingerprint density at radius 2 is 2.00 bits per heavy atom. The monoisotopic (exact) mass is 355 g/mol. The normalized spacial score (nSPS) is 26.9. The number of halogens is 1. The number of piperidine rings is 1. The van der Waals surface area contributed by atoms with E-state index < -0.39 is 10.0 Å². The molecule has 2 fully saturated rings. The van der Waals surface area contributed by atoms with Gasteiger partial charge in [-0.15, -0.1) is 0 Å². The van der Waals surface area contributed by atoms with Crippen molar-refractivity contribution in [3.05, 3.63) is 0 Å². The molecule has 1 unspecified atom stereocenters. The van der Waals surface area contributed by atoms with E-state index in [4.69, 9.17) is 9.47 Å². The summed E-state index contributed by atoms with van der Waals surface area (Å²) in [5, 5.41) is 0.824. The molecule has 0 aliphatic carbocycles. The molecule has 2 heterocycles. The zero-order valence-corrected chi connectivity index (χ0v) is 13.5. The van der Waals surface area contributed by atoms with E-state index in [0.29, 0.717) is 26.3 Å². The summed E-state index contributed by atoms with van der Waals surface area (Å²) in [6, 6.07) is 0. The van der Waals surface area contributed by atoms with Crippen molar-refractivity contribution >= 4 is 26.0 Å². The van der Waals surface area contributed by atoms with Crippen LogP contribution < -0.4 is 0 Å². The predicted octanol–water partition coefficient (Wildman–Crippen LogP) is 1.37. The van der Waals surface area contributed by atoms with E-state index in [2.05, 4.69) is 15.9 Å². The lowest BCUT2D eigenvalue weighted by Gasteiger charge is -2.31. The van der Waals surface area contributed by atoms with E-state index in [9.17, 15) is 8.42 Å². The highest BCUT2D eigenvalue weighted by molar-refractivity contribution is 9.09. The molecular formula is C12H22BrNO4S. The Bertz CT molecular complexity index is 362. The maximum atomic E-state index is 12.3. The van der Waals surface area contributed by atoms with Crippen LogP contribution in [0.5, 0.6) is 0 Å². The summed E-state index contributed by atoms with van der Waals surface area (Å²) in [5.41, 5.74) is 0. The third kappa shape index (κ3) is 4.67. The summed E-state index contributed by atoms with van der Waals surface area (Å²) in [6.45, 7) is 2.53.